The van der Waals surface area contributed by atoms with Gasteiger partial charge in [0, 0.05) is 16.5 Å². The van der Waals surface area contributed by atoms with E-state index in [1.807, 2.05) is 6.07 Å². The Hall–Kier alpha value is -4.35. The number of nitrogens with zero attached hydrogens (tertiary/aromatic N) is 1. The van der Waals surface area contributed by atoms with Gasteiger partial charge in [-0.15, -0.1) is 0 Å². The molecule has 14 nitrogen and oxygen atoms in total. The van der Waals surface area contributed by atoms with Crippen molar-refractivity contribution in [3.05, 3.63) is 76.8 Å². The summed E-state index contributed by atoms with van der Waals surface area (Å²) in [7, 11) is 1.52. The van der Waals surface area contributed by atoms with Gasteiger partial charge in [-0.05, 0) is 54.6 Å². The molecule has 0 saturated carbocycles. The van der Waals surface area contributed by atoms with Crippen LogP contribution in [0.4, 0.5) is 5.69 Å². The first-order valence-corrected chi connectivity index (χ1v) is 17.1. The number of hydrogen-bond acceptors (Lipinski definition) is 14. The van der Waals surface area contributed by atoms with E-state index in [0.29, 0.717) is 79.4 Å². The average molecular weight is 759 g/mol. The number of ether oxygens (including phenoxy) is 7. The zero-order chi connectivity index (χ0) is 37.1. The summed E-state index contributed by atoms with van der Waals surface area (Å²) in [6.07, 6.45) is 0.832. The Morgan fingerprint density at radius 3 is 2.00 bits per heavy atom. The molecule has 0 radical (unpaired) electrons. The molecule has 1 N–H and O–H groups in total. The largest absolute Gasteiger partial charge is 0.496 e. The summed E-state index contributed by atoms with van der Waals surface area (Å²) < 4.78 is 43.2. The van der Waals surface area contributed by atoms with Gasteiger partial charge in [0.2, 0.25) is 29.1 Å². The van der Waals surface area contributed by atoms with Crippen LogP contribution in [0.5, 0.6) is 5.75 Å². The number of carbonyl (C=O) groups excluding carboxylic acids is 4. The highest BCUT2D eigenvalue weighted by Gasteiger charge is 2.31. The summed E-state index contributed by atoms with van der Waals surface area (Å²) in [6, 6.07) is 14.1. The van der Waals surface area contributed by atoms with Crippen molar-refractivity contribution < 1.29 is 56.8 Å². The summed E-state index contributed by atoms with van der Waals surface area (Å²) in [5, 5.41) is 4.18. The number of fused-ring (bicyclic) bond motifs is 1. The minimum atomic E-state index is -1.36. The predicted molar refractivity (Wildman–Crippen MR) is 192 cm³/mol. The molecule has 0 fully saturated rings. The molecule has 1 aliphatic carbocycles. The van der Waals surface area contributed by atoms with E-state index in [1.165, 1.54) is 7.11 Å². The number of carbonyl (C=O) groups is 4. The Bertz CT molecular complexity index is 1790. The molecule has 0 atom stereocenters. The summed E-state index contributed by atoms with van der Waals surface area (Å²) >= 11 is 11.5. The molecule has 4 rings (SSSR count). The Balaban J connectivity index is 0.992. The van der Waals surface area contributed by atoms with Gasteiger partial charge in [0.05, 0.1) is 97.3 Å². The Labute approximate surface area is 309 Å². The lowest BCUT2D eigenvalue weighted by molar-refractivity contribution is -0.157. The number of halogens is 1. The Morgan fingerprint density at radius 2 is 1.38 bits per heavy atom. The average Bonchev–Trinajstić information content (AvgIpc) is 3.44. The summed E-state index contributed by atoms with van der Waals surface area (Å²) in [4.78, 5) is 51.8. The van der Waals surface area contributed by atoms with Gasteiger partial charge in [0.15, 0.2) is 0 Å². The second-order valence-corrected chi connectivity index (χ2v) is 11.7. The third-order valence-corrected chi connectivity index (χ3v) is 7.66. The molecule has 16 heteroatoms. The molecule has 3 aromatic rings. The standard InChI is InChI=1S/C36H39ClN2O12S/c1-44-31-8-4-26(38-33-9-2-24-22-25(37)3-7-30(24)50-33)23-27(31)36(52)39-32(42)10-12-45-14-16-47-18-20-49-21-19-48-17-15-46-13-11-34(43)51-35-28(40)5-6-29(35)41/h2-9,22-23,35H,10-21H2,1H3,(H,39,42,52). The van der Waals surface area contributed by atoms with E-state index in [9.17, 15) is 19.2 Å². The maximum Gasteiger partial charge on any atom is 0.309 e. The van der Waals surface area contributed by atoms with Crippen molar-refractivity contribution in [1.29, 1.82) is 0 Å². The second-order valence-electron chi connectivity index (χ2n) is 10.9. The first-order valence-electron chi connectivity index (χ1n) is 16.3. The quantitative estimate of drug-likeness (QED) is 0.0683. The van der Waals surface area contributed by atoms with Crippen molar-refractivity contribution in [2.24, 2.45) is 4.99 Å². The van der Waals surface area contributed by atoms with E-state index < -0.39 is 23.6 Å². The Morgan fingerprint density at radius 1 is 0.788 bits per heavy atom. The van der Waals surface area contributed by atoms with E-state index in [4.69, 9.17) is 61.4 Å². The van der Waals surface area contributed by atoms with Crippen molar-refractivity contribution in [1.82, 2.24) is 5.32 Å². The topological polar surface area (TPSA) is 170 Å². The van der Waals surface area contributed by atoms with Crippen LogP contribution in [0, 0.1) is 0 Å². The van der Waals surface area contributed by atoms with Gasteiger partial charge in [0.1, 0.15) is 16.3 Å². The molecule has 0 aliphatic heterocycles. The van der Waals surface area contributed by atoms with Gasteiger partial charge in [-0.3, -0.25) is 19.2 Å². The number of hydrogen-bond donors (Lipinski definition) is 1. The summed E-state index contributed by atoms with van der Waals surface area (Å²) in [5.41, 5.74) is 2.08. The first kappa shape index (κ1) is 40.4. The molecular weight excluding hydrogens is 720 g/mol. The van der Waals surface area contributed by atoms with Crippen LogP contribution in [0.3, 0.4) is 0 Å². The number of nitrogens with one attached hydrogen (secondary N) is 1. The lowest BCUT2D eigenvalue weighted by atomic mass is 10.1. The number of rotatable bonds is 22. The maximum absolute atomic E-state index is 12.5. The minimum Gasteiger partial charge on any atom is -0.496 e. The molecule has 2 aromatic carbocycles. The van der Waals surface area contributed by atoms with Crippen LogP contribution in [-0.4, -0.2) is 108 Å². The lowest BCUT2D eigenvalue weighted by Crippen LogP contribution is -2.30. The van der Waals surface area contributed by atoms with Crippen LogP contribution in [0.15, 0.2) is 70.1 Å². The molecule has 1 amide bonds. The number of amides is 1. The number of thiocarbonyl (C=S) groups is 1. The molecule has 1 heterocycles. The van der Waals surface area contributed by atoms with Gasteiger partial charge in [-0.2, -0.15) is 0 Å². The lowest BCUT2D eigenvalue weighted by Gasteiger charge is -2.12. The van der Waals surface area contributed by atoms with Gasteiger partial charge < -0.3 is 42.9 Å². The minimum absolute atomic E-state index is 0.0780. The van der Waals surface area contributed by atoms with Crippen LogP contribution in [0.2, 0.25) is 5.02 Å². The third-order valence-electron chi connectivity index (χ3n) is 7.10. The summed E-state index contributed by atoms with van der Waals surface area (Å²) in [5.74, 6) is -1.58. The molecule has 0 unspecified atom stereocenters. The van der Waals surface area contributed by atoms with Crippen LogP contribution in [0.25, 0.3) is 11.0 Å². The van der Waals surface area contributed by atoms with Crippen molar-refractivity contribution in [3.8, 4) is 5.75 Å². The molecule has 278 valence electrons. The third kappa shape index (κ3) is 13.7. The van der Waals surface area contributed by atoms with Crippen LogP contribution in [0.1, 0.15) is 18.4 Å². The number of methoxy groups -OCH3 is 1. The molecule has 52 heavy (non-hydrogen) atoms. The first-order chi connectivity index (χ1) is 25.2. The zero-order valence-electron chi connectivity index (χ0n) is 28.5. The van der Waals surface area contributed by atoms with Crippen molar-refractivity contribution in [2.45, 2.75) is 18.9 Å². The van der Waals surface area contributed by atoms with Gasteiger partial charge in [-0.1, -0.05) is 23.8 Å². The monoisotopic (exact) mass is 758 g/mol. The van der Waals surface area contributed by atoms with E-state index >= 15 is 0 Å². The van der Waals surface area contributed by atoms with Crippen LogP contribution >= 0.6 is 23.8 Å². The predicted octanol–water partition coefficient (Wildman–Crippen LogP) is 3.60. The smallest absolute Gasteiger partial charge is 0.309 e. The van der Waals surface area contributed by atoms with Gasteiger partial charge in [0.25, 0.3) is 0 Å². The molecule has 0 saturated heterocycles. The molecular formula is C36H39ClN2O12S. The molecule has 0 spiro atoms. The van der Waals surface area contributed by atoms with E-state index in [2.05, 4.69) is 10.3 Å². The normalized spacial score (nSPS) is 13.2. The number of benzene rings is 2. The SMILES string of the molecule is COc1ccc(N=c2ccc3cc(Cl)ccc3o2)cc1C(=S)NC(=O)CCOCCOCCOCCOCCOCCC(=O)OC1C(=O)C=CC1=O. The second kappa shape index (κ2) is 21.9. The molecule has 1 aromatic heterocycles. The fourth-order valence-electron chi connectivity index (χ4n) is 4.52. The zero-order valence-corrected chi connectivity index (χ0v) is 30.0. The summed E-state index contributed by atoms with van der Waals surface area (Å²) in [6.45, 7) is 2.90. The van der Waals surface area contributed by atoms with Crippen molar-refractivity contribution in [2.75, 3.05) is 73.2 Å². The maximum atomic E-state index is 12.5. The van der Waals surface area contributed by atoms with Crippen molar-refractivity contribution in [3.63, 3.8) is 0 Å². The number of ketones is 2. The van der Waals surface area contributed by atoms with Crippen molar-refractivity contribution >= 4 is 68.9 Å². The Kier molecular flexibility index (Phi) is 17.0. The van der Waals surface area contributed by atoms with Crippen LogP contribution in [-0.2, 0) is 47.6 Å². The van der Waals surface area contributed by atoms with Crippen LogP contribution < -0.4 is 15.6 Å². The molecule has 1 aliphatic rings. The van der Waals surface area contributed by atoms with Gasteiger partial charge in [-0.25, -0.2) is 4.99 Å². The highest BCUT2D eigenvalue weighted by atomic mass is 35.5. The van der Waals surface area contributed by atoms with E-state index in [0.717, 1.165) is 17.5 Å². The van der Waals surface area contributed by atoms with Gasteiger partial charge >= 0.3 is 5.97 Å². The fourth-order valence-corrected chi connectivity index (χ4v) is 4.98. The highest BCUT2D eigenvalue weighted by Crippen LogP contribution is 2.25. The number of esters is 1. The molecule has 0 bridgehead atoms. The van der Waals surface area contributed by atoms with E-state index in [-0.39, 0.29) is 43.6 Å². The van der Waals surface area contributed by atoms with E-state index in [1.54, 1.807) is 42.5 Å². The highest BCUT2D eigenvalue weighted by molar-refractivity contribution is 7.80. The fraction of sp³-hybridized carbons (Fsp3) is 0.389.